The first-order chi connectivity index (χ1) is 12.6. The first kappa shape index (κ1) is 17.4. The van der Waals surface area contributed by atoms with Crippen molar-refractivity contribution in [2.75, 3.05) is 19.7 Å². The number of aromatic nitrogens is 1. The van der Waals surface area contributed by atoms with Crippen molar-refractivity contribution in [2.24, 2.45) is 0 Å². The number of fused-ring (bicyclic) bond motifs is 1. The van der Waals surface area contributed by atoms with Gasteiger partial charge in [-0.15, -0.1) is 0 Å². The molecule has 2 heterocycles. The summed E-state index contributed by atoms with van der Waals surface area (Å²) in [4.78, 5) is 39.9. The van der Waals surface area contributed by atoms with Gasteiger partial charge in [0.15, 0.2) is 0 Å². The fourth-order valence-electron chi connectivity index (χ4n) is 2.56. The molecular weight excluding hydrogens is 334 g/mol. The Morgan fingerprint density at radius 3 is 2.73 bits per heavy atom. The van der Waals surface area contributed by atoms with E-state index in [0.29, 0.717) is 5.75 Å². The number of hydrogen-bond acceptors (Lipinski definition) is 5. The normalized spacial score (nSPS) is 13.5. The van der Waals surface area contributed by atoms with E-state index in [1.165, 1.54) is 0 Å². The van der Waals surface area contributed by atoms with E-state index in [2.05, 4.69) is 22.1 Å². The first-order valence-corrected chi connectivity index (χ1v) is 8.17. The molecule has 0 saturated carbocycles. The molecule has 1 fully saturated rings. The van der Waals surface area contributed by atoms with Crippen LogP contribution in [0.15, 0.2) is 36.5 Å². The Hall–Kier alpha value is -3.40. The lowest BCUT2D eigenvalue weighted by Crippen LogP contribution is -2.40. The molecule has 7 nitrogen and oxygen atoms in total. The second kappa shape index (κ2) is 8.12. The summed E-state index contributed by atoms with van der Waals surface area (Å²) >= 11 is 0. The Balaban J connectivity index is 1.44. The van der Waals surface area contributed by atoms with Gasteiger partial charge in [0, 0.05) is 24.4 Å². The van der Waals surface area contributed by atoms with Crippen LogP contribution in [-0.2, 0) is 14.4 Å². The van der Waals surface area contributed by atoms with Gasteiger partial charge in [-0.25, -0.2) is 0 Å². The zero-order valence-electron chi connectivity index (χ0n) is 14.0. The van der Waals surface area contributed by atoms with Crippen LogP contribution in [0.3, 0.4) is 0 Å². The summed E-state index contributed by atoms with van der Waals surface area (Å²) in [5.74, 6) is 5.18. The summed E-state index contributed by atoms with van der Waals surface area (Å²) in [6.07, 6.45) is 2.05. The maximum atomic E-state index is 11.7. The largest absolute Gasteiger partial charge is 0.479 e. The average Bonchev–Trinajstić information content (AvgIpc) is 2.96. The second-order valence-corrected chi connectivity index (χ2v) is 5.62. The number of pyridine rings is 1. The van der Waals surface area contributed by atoms with Crippen molar-refractivity contribution in [1.29, 1.82) is 0 Å². The Morgan fingerprint density at radius 1 is 1.15 bits per heavy atom. The predicted octanol–water partition coefficient (Wildman–Crippen LogP) is 0.882. The van der Waals surface area contributed by atoms with Crippen LogP contribution < -0.4 is 10.1 Å². The highest BCUT2D eigenvalue weighted by molar-refractivity contribution is 6.04. The highest BCUT2D eigenvalue weighted by Crippen LogP contribution is 2.22. The number of nitrogens with zero attached hydrogens (tertiary/aromatic N) is 2. The summed E-state index contributed by atoms with van der Waals surface area (Å²) in [6.45, 7) is 0.0262. The third-order valence-corrected chi connectivity index (χ3v) is 3.85. The third kappa shape index (κ3) is 4.16. The molecule has 2 aromatic rings. The average molecular weight is 351 g/mol. The lowest BCUT2D eigenvalue weighted by Gasteiger charge is -2.12. The number of para-hydroxylation sites is 1. The van der Waals surface area contributed by atoms with E-state index in [9.17, 15) is 14.4 Å². The van der Waals surface area contributed by atoms with Crippen LogP contribution >= 0.6 is 0 Å². The van der Waals surface area contributed by atoms with Gasteiger partial charge in [-0.2, -0.15) is 0 Å². The van der Waals surface area contributed by atoms with Crippen LogP contribution in [-0.4, -0.2) is 47.3 Å². The number of amides is 3. The number of imide groups is 1. The molecule has 0 radical (unpaired) electrons. The molecule has 3 rings (SSSR count). The molecule has 1 aliphatic heterocycles. The molecule has 1 aromatic heterocycles. The Bertz CT molecular complexity index is 892. The molecule has 0 atom stereocenters. The first-order valence-electron chi connectivity index (χ1n) is 8.17. The van der Waals surface area contributed by atoms with Gasteiger partial charge in [-0.1, -0.05) is 30.0 Å². The minimum Gasteiger partial charge on any atom is -0.479 e. The zero-order valence-corrected chi connectivity index (χ0v) is 14.0. The molecule has 132 valence electrons. The van der Waals surface area contributed by atoms with Crippen molar-refractivity contribution < 1.29 is 19.1 Å². The van der Waals surface area contributed by atoms with Crippen molar-refractivity contribution >= 4 is 28.6 Å². The van der Waals surface area contributed by atoms with Crippen LogP contribution in [0.4, 0.5) is 0 Å². The van der Waals surface area contributed by atoms with Gasteiger partial charge in [-0.3, -0.25) is 24.3 Å². The summed E-state index contributed by atoms with van der Waals surface area (Å²) in [5, 5.41) is 3.54. The van der Waals surface area contributed by atoms with E-state index in [0.717, 1.165) is 15.8 Å². The molecule has 26 heavy (non-hydrogen) atoms. The lowest BCUT2D eigenvalue weighted by molar-refractivity contribution is -0.142. The number of carbonyl (C=O) groups excluding carboxylic acids is 3. The van der Waals surface area contributed by atoms with Crippen molar-refractivity contribution in [2.45, 2.75) is 12.8 Å². The van der Waals surface area contributed by atoms with Gasteiger partial charge >= 0.3 is 0 Å². The third-order valence-electron chi connectivity index (χ3n) is 3.85. The van der Waals surface area contributed by atoms with Crippen molar-refractivity contribution in [3.05, 3.63) is 36.5 Å². The molecule has 1 N–H and O–H groups in total. The van der Waals surface area contributed by atoms with Crippen LogP contribution in [0, 0.1) is 11.8 Å². The highest BCUT2D eigenvalue weighted by Gasteiger charge is 2.30. The number of likely N-dealkylation sites (tertiary alicyclic amines) is 1. The Labute approximate surface area is 150 Å². The number of rotatable bonds is 5. The smallest absolute Gasteiger partial charge is 0.240 e. The van der Waals surface area contributed by atoms with Crippen molar-refractivity contribution in [3.8, 4) is 17.6 Å². The van der Waals surface area contributed by atoms with E-state index in [-0.39, 0.29) is 44.4 Å². The zero-order chi connectivity index (χ0) is 18.4. The van der Waals surface area contributed by atoms with Crippen LogP contribution in [0.5, 0.6) is 5.75 Å². The van der Waals surface area contributed by atoms with Crippen LogP contribution in [0.25, 0.3) is 10.9 Å². The Kier molecular flexibility index (Phi) is 5.44. The van der Waals surface area contributed by atoms with E-state index < -0.39 is 5.91 Å². The van der Waals surface area contributed by atoms with E-state index in [1.807, 2.05) is 30.3 Å². The maximum absolute atomic E-state index is 11.7. The fraction of sp³-hybridized carbons (Fsp3) is 0.263. The molecular formula is C19H17N3O4. The van der Waals surface area contributed by atoms with Crippen molar-refractivity contribution in [3.63, 3.8) is 0 Å². The van der Waals surface area contributed by atoms with Gasteiger partial charge in [0.05, 0.1) is 6.54 Å². The second-order valence-electron chi connectivity index (χ2n) is 5.62. The predicted molar refractivity (Wildman–Crippen MR) is 94.0 cm³/mol. The molecule has 1 aromatic carbocycles. The van der Waals surface area contributed by atoms with Gasteiger partial charge in [0.2, 0.25) is 17.7 Å². The molecule has 7 heteroatoms. The highest BCUT2D eigenvalue weighted by atomic mass is 16.5. The lowest BCUT2D eigenvalue weighted by atomic mass is 10.2. The SMILES string of the molecule is O=C(CN1C(=O)CCC1=O)NCC#CCOc1cccc2cccnc12. The number of ether oxygens (including phenoxy) is 1. The van der Waals surface area contributed by atoms with Gasteiger partial charge < -0.3 is 10.1 Å². The molecule has 0 bridgehead atoms. The standard InChI is InChI=1S/C19H17N3O4/c23-16(13-22-17(24)8-9-18(22)25)20-10-1-2-12-26-15-7-3-5-14-6-4-11-21-19(14)15/h3-7,11H,8-10,12-13H2,(H,20,23). The molecule has 1 aliphatic rings. The van der Waals surface area contributed by atoms with Gasteiger partial charge in [0.25, 0.3) is 0 Å². The summed E-state index contributed by atoms with van der Waals surface area (Å²) in [7, 11) is 0. The van der Waals surface area contributed by atoms with E-state index in [4.69, 9.17) is 4.74 Å². The summed E-state index contributed by atoms with van der Waals surface area (Å²) in [6, 6.07) is 9.47. The van der Waals surface area contributed by atoms with Crippen molar-refractivity contribution in [1.82, 2.24) is 15.2 Å². The van der Waals surface area contributed by atoms with Gasteiger partial charge in [0.1, 0.15) is 24.4 Å². The topological polar surface area (TPSA) is 88.6 Å². The number of benzene rings is 1. The Morgan fingerprint density at radius 2 is 1.92 bits per heavy atom. The summed E-state index contributed by atoms with van der Waals surface area (Å²) in [5.41, 5.74) is 0.769. The maximum Gasteiger partial charge on any atom is 0.240 e. The van der Waals surface area contributed by atoms with E-state index in [1.54, 1.807) is 6.20 Å². The quantitative estimate of drug-likeness (QED) is 0.638. The minimum absolute atomic E-state index is 0.117. The number of hydrogen-bond donors (Lipinski definition) is 1. The van der Waals surface area contributed by atoms with Crippen LogP contribution in [0.1, 0.15) is 12.8 Å². The fourth-order valence-corrected chi connectivity index (χ4v) is 2.56. The van der Waals surface area contributed by atoms with Gasteiger partial charge in [-0.05, 0) is 12.1 Å². The molecule has 3 amide bonds. The minimum atomic E-state index is -0.415. The molecule has 1 saturated heterocycles. The van der Waals surface area contributed by atoms with E-state index >= 15 is 0 Å². The number of nitrogens with one attached hydrogen (secondary N) is 1. The van der Waals surface area contributed by atoms with Crippen LogP contribution in [0.2, 0.25) is 0 Å². The summed E-state index contributed by atoms with van der Waals surface area (Å²) < 4.78 is 5.62. The molecule has 0 unspecified atom stereocenters. The monoisotopic (exact) mass is 351 g/mol. The molecule has 0 spiro atoms. The number of carbonyl (C=O) groups is 3. The molecule has 0 aliphatic carbocycles.